The minimum Gasteiger partial charge on any atom is -0.381 e. The van der Waals surface area contributed by atoms with Crippen LogP contribution in [0.1, 0.15) is 18.9 Å². The first-order chi connectivity index (χ1) is 8.84. The predicted molar refractivity (Wildman–Crippen MR) is 70.4 cm³/mol. The second-order valence-electron chi connectivity index (χ2n) is 4.99. The second kappa shape index (κ2) is 5.08. The number of rotatable bonds is 4. The molecule has 1 aliphatic heterocycles. The van der Waals surface area contributed by atoms with Crippen molar-refractivity contribution in [3.63, 3.8) is 0 Å². The lowest BCUT2D eigenvalue weighted by Crippen LogP contribution is -2.33. The van der Waals surface area contributed by atoms with E-state index in [1.165, 1.54) is 17.5 Å². The van der Waals surface area contributed by atoms with Gasteiger partial charge in [0.05, 0.1) is 18.3 Å². The van der Waals surface area contributed by atoms with Gasteiger partial charge in [-0.15, -0.1) is 0 Å². The van der Waals surface area contributed by atoms with Crippen LogP contribution in [0.4, 0.5) is 0 Å². The molecule has 4 heteroatoms. The van der Waals surface area contributed by atoms with E-state index in [0.717, 1.165) is 19.8 Å². The fourth-order valence-electron chi connectivity index (χ4n) is 2.51. The highest BCUT2D eigenvalue weighted by molar-refractivity contribution is 5.53. The Morgan fingerprint density at radius 3 is 3.33 bits per heavy atom. The van der Waals surface area contributed by atoms with E-state index < -0.39 is 0 Å². The molecule has 1 fully saturated rings. The minimum atomic E-state index is 0.492. The summed E-state index contributed by atoms with van der Waals surface area (Å²) in [5.74, 6) is 0.645. The molecule has 0 saturated carbocycles. The van der Waals surface area contributed by atoms with Gasteiger partial charge in [-0.05, 0) is 31.4 Å². The van der Waals surface area contributed by atoms with Crippen molar-refractivity contribution >= 4 is 5.52 Å². The highest BCUT2D eigenvalue weighted by Gasteiger charge is 2.21. The Morgan fingerprint density at radius 1 is 1.56 bits per heavy atom. The molecule has 18 heavy (non-hydrogen) atoms. The van der Waals surface area contributed by atoms with Gasteiger partial charge in [0.25, 0.3) is 0 Å². The zero-order valence-corrected chi connectivity index (χ0v) is 10.7. The molecule has 0 amide bonds. The molecule has 1 N–H and O–H groups in total. The summed E-state index contributed by atoms with van der Waals surface area (Å²) in [4.78, 5) is 0. The van der Waals surface area contributed by atoms with Crippen molar-refractivity contribution in [2.24, 2.45) is 5.92 Å². The molecule has 0 aliphatic carbocycles. The maximum Gasteiger partial charge on any atom is 0.0706 e. The van der Waals surface area contributed by atoms with Crippen LogP contribution >= 0.6 is 0 Å². The molecule has 0 bridgehead atoms. The first-order valence-electron chi connectivity index (χ1n) is 6.57. The predicted octanol–water partition coefficient (Wildman–Crippen LogP) is 1.85. The molecule has 0 spiro atoms. The van der Waals surface area contributed by atoms with E-state index in [-0.39, 0.29) is 0 Å². The van der Waals surface area contributed by atoms with Crippen LogP contribution in [-0.2, 0) is 11.3 Å². The molecule has 4 nitrogen and oxygen atoms in total. The summed E-state index contributed by atoms with van der Waals surface area (Å²) in [5.41, 5.74) is 2.43. The van der Waals surface area contributed by atoms with E-state index in [9.17, 15) is 0 Å². The summed E-state index contributed by atoms with van der Waals surface area (Å²) < 4.78 is 7.35. The Kier molecular flexibility index (Phi) is 3.30. The van der Waals surface area contributed by atoms with Gasteiger partial charge >= 0.3 is 0 Å². The van der Waals surface area contributed by atoms with Gasteiger partial charge in [-0.2, -0.15) is 5.10 Å². The Bertz CT molecular complexity index is 516. The number of hydrogen-bond acceptors (Lipinski definition) is 3. The van der Waals surface area contributed by atoms with Gasteiger partial charge in [0.15, 0.2) is 0 Å². The van der Waals surface area contributed by atoms with E-state index >= 15 is 0 Å². The lowest BCUT2D eigenvalue weighted by atomic mass is 10.0. The van der Waals surface area contributed by atoms with Crippen LogP contribution in [0.3, 0.4) is 0 Å². The zero-order chi connectivity index (χ0) is 12.4. The van der Waals surface area contributed by atoms with Gasteiger partial charge in [0.1, 0.15) is 0 Å². The quantitative estimate of drug-likeness (QED) is 0.893. The third-order valence-electron chi connectivity index (χ3n) is 3.79. The van der Waals surface area contributed by atoms with Gasteiger partial charge in [-0.3, -0.25) is 0 Å². The summed E-state index contributed by atoms with van der Waals surface area (Å²) in [6, 6.07) is 6.64. The standard InChI is InChI=1S/C14H19N3O/c1-11(12-5-7-18-10-12)15-8-13-9-16-17-6-3-2-4-14(13)17/h2-4,6,9,11-12,15H,5,7-8,10H2,1H3. The van der Waals surface area contributed by atoms with Gasteiger partial charge in [0.2, 0.25) is 0 Å². The van der Waals surface area contributed by atoms with Crippen molar-refractivity contribution in [2.75, 3.05) is 13.2 Å². The first-order valence-corrected chi connectivity index (χ1v) is 6.57. The van der Waals surface area contributed by atoms with E-state index in [1.807, 2.05) is 23.0 Å². The molecular weight excluding hydrogens is 226 g/mol. The molecule has 2 unspecified atom stereocenters. The number of ether oxygens (including phenoxy) is 1. The smallest absolute Gasteiger partial charge is 0.0706 e. The highest BCUT2D eigenvalue weighted by Crippen LogP contribution is 2.17. The van der Waals surface area contributed by atoms with Crippen LogP contribution < -0.4 is 5.32 Å². The lowest BCUT2D eigenvalue weighted by Gasteiger charge is -2.18. The van der Waals surface area contributed by atoms with Crippen LogP contribution in [0.15, 0.2) is 30.6 Å². The Labute approximate surface area is 107 Å². The molecule has 3 rings (SSSR count). The maximum atomic E-state index is 5.43. The molecule has 1 aliphatic rings. The number of hydrogen-bond donors (Lipinski definition) is 1. The van der Waals surface area contributed by atoms with Crippen molar-refractivity contribution in [1.29, 1.82) is 0 Å². The average Bonchev–Trinajstić information content (AvgIpc) is 3.06. The molecule has 2 aromatic heterocycles. The van der Waals surface area contributed by atoms with Crippen LogP contribution in [0.5, 0.6) is 0 Å². The molecule has 2 aromatic rings. The van der Waals surface area contributed by atoms with Gasteiger partial charge < -0.3 is 10.1 Å². The topological polar surface area (TPSA) is 38.6 Å². The maximum absolute atomic E-state index is 5.43. The van der Waals surface area contributed by atoms with Crippen LogP contribution in [0.2, 0.25) is 0 Å². The number of aromatic nitrogens is 2. The Hall–Kier alpha value is -1.39. The van der Waals surface area contributed by atoms with Crippen molar-refractivity contribution < 1.29 is 4.74 Å². The molecule has 2 atom stereocenters. The molecular formula is C14H19N3O. The van der Waals surface area contributed by atoms with Gasteiger partial charge in [-0.1, -0.05) is 6.07 Å². The average molecular weight is 245 g/mol. The van der Waals surface area contributed by atoms with Crippen molar-refractivity contribution in [1.82, 2.24) is 14.9 Å². The van der Waals surface area contributed by atoms with Crippen LogP contribution in [-0.4, -0.2) is 28.9 Å². The summed E-state index contributed by atoms with van der Waals surface area (Å²) >= 11 is 0. The van der Waals surface area contributed by atoms with Gasteiger partial charge in [-0.25, -0.2) is 4.52 Å². The zero-order valence-electron chi connectivity index (χ0n) is 10.7. The van der Waals surface area contributed by atoms with Crippen molar-refractivity contribution in [3.05, 3.63) is 36.2 Å². The molecule has 0 aromatic carbocycles. The van der Waals surface area contributed by atoms with E-state index in [2.05, 4.69) is 29.5 Å². The second-order valence-corrected chi connectivity index (χ2v) is 4.99. The number of fused-ring (bicyclic) bond motifs is 1. The van der Waals surface area contributed by atoms with Gasteiger partial charge in [0, 0.05) is 31.0 Å². The number of nitrogens with one attached hydrogen (secondary N) is 1. The largest absolute Gasteiger partial charge is 0.381 e. The molecule has 0 radical (unpaired) electrons. The van der Waals surface area contributed by atoms with E-state index in [0.29, 0.717) is 12.0 Å². The van der Waals surface area contributed by atoms with Crippen molar-refractivity contribution in [3.8, 4) is 0 Å². The van der Waals surface area contributed by atoms with Crippen LogP contribution in [0, 0.1) is 5.92 Å². The number of pyridine rings is 1. The SMILES string of the molecule is CC(NCc1cnn2ccccc12)C1CCOC1. The normalized spacial score (nSPS) is 21.5. The third-order valence-corrected chi connectivity index (χ3v) is 3.79. The molecule has 96 valence electrons. The number of nitrogens with zero attached hydrogens (tertiary/aromatic N) is 2. The van der Waals surface area contributed by atoms with Crippen molar-refractivity contribution in [2.45, 2.75) is 25.9 Å². The van der Waals surface area contributed by atoms with Crippen LogP contribution in [0.25, 0.3) is 5.52 Å². The summed E-state index contributed by atoms with van der Waals surface area (Å²) in [6.45, 7) is 4.91. The first kappa shape index (κ1) is 11.7. The van der Waals surface area contributed by atoms with E-state index in [1.54, 1.807) is 0 Å². The fraction of sp³-hybridized carbons (Fsp3) is 0.500. The Morgan fingerprint density at radius 2 is 2.50 bits per heavy atom. The monoisotopic (exact) mass is 245 g/mol. The molecule has 1 saturated heterocycles. The summed E-state index contributed by atoms with van der Waals surface area (Å²) in [6.07, 6.45) is 5.09. The Balaban J connectivity index is 1.65. The lowest BCUT2D eigenvalue weighted by molar-refractivity contribution is 0.178. The minimum absolute atomic E-state index is 0.492. The summed E-state index contributed by atoms with van der Waals surface area (Å²) in [5, 5.41) is 7.93. The third kappa shape index (κ3) is 2.26. The molecule has 3 heterocycles. The highest BCUT2D eigenvalue weighted by atomic mass is 16.5. The van der Waals surface area contributed by atoms with E-state index in [4.69, 9.17) is 4.74 Å². The fourth-order valence-corrected chi connectivity index (χ4v) is 2.51. The summed E-state index contributed by atoms with van der Waals surface area (Å²) in [7, 11) is 0.